The number of carbonyl (C=O) groups excluding carboxylic acids is 2. The van der Waals surface area contributed by atoms with Crippen molar-refractivity contribution in [2.75, 3.05) is 5.32 Å². The van der Waals surface area contributed by atoms with Gasteiger partial charge in [0.2, 0.25) is 5.92 Å². The highest BCUT2D eigenvalue weighted by molar-refractivity contribution is 6.12. The average Bonchev–Trinajstić information content (AvgIpc) is 3.00. The molecule has 7 nitrogen and oxygen atoms in total. The van der Waals surface area contributed by atoms with Gasteiger partial charge in [0.25, 0.3) is 11.8 Å². The minimum absolute atomic E-state index is 0.0220. The second-order valence-corrected chi connectivity index (χ2v) is 7.38. The SMILES string of the molecule is Cc1cccc2c(C(=O)Nc3ccnc(C(N)=O)c3)n(CC3CC(F)(F)C3)nc12. The highest BCUT2D eigenvalue weighted by atomic mass is 19.3. The molecule has 0 atom stereocenters. The van der Waals surface area contributed by atoms with E-state index in [9.17, 15) is 18.4 Å². The van der Waals surface area contributed by atoms with Crippen LogP contribution in [0.5, 0.6) is 0 Å². The van der Waals surface area contributed by atoms with E-state index in [0.717, 1.165) is 5.56 Å². The summed E-state index contributed by atoms with van der Waals surface area (Å²) >= 11 is 0. The molecule has 1 saturated carbocycles. The lowest BCUT2D eigenvalue weighted by atomic mass is 9.81. The lowest BCUT2D eigenvalue weighted by Crippen LogP contribution is -2.38. The van der Waals surface area contributed by atoms with Crippen molar-refractivity contribution in [3.8, 4) is 0 Å². The van der Waals surface area contributed by atoms with E-state index in [-0.39, 0.29) is 36.7 Å². The van der Waals surface area contributed by atoms with Gasteiger partial charge >= 0.3 is 0 Å². The first-order valence-electron chi connectivity index (χ1n) is 9.15. The molecule has 0 unspecified atom stereocenters. The maximum atomic E-state index is 13.3. The van der Waals surface area contributed by atoms with Crippen LogP contribution in [0.2, 0.25) is 0 Å². The van der Waals surface area contributed by atoms with Gasteiger partial charge in [-0.25, -0.2) is 8.78 Å². The number of nitrogens with one attached hydrogen (secondary N) is 1. The van der Waals surface area contributed by atoms with E-state index >= 15 is 0 Å². The van der Waals surface area contributed by atoms with Crippen LogP contribution in [0.4, 0.5) is 14.5 Å². The summed E-state index contributed by atoms with van der Waals surface area (Å²) in [6.07, 6.45) is 0.941. The zero-order valence-corrected chi connectivity index (χ0v) is 15.7. The van der Waals surface area contributed by atoms with Crippen LogP contribution in [0.25, 0.3) is 10.9 Å². The van der Waals surface area contributed by atoms with E-state index in [0.29, 0.717) is 16.6 Å². The number of benzene rings is 1. The molecule has 3 N–H and O–H groups in total. The summed E-state index contributed by atoms with van der Waals surface area (Å²) in [5, 5.41) is 7.87. The molecule has 150 valence electrons. The number of amides is 2. The van der Waals surface area contributed by atoms with E-state index in [4.69, 9.17) is 5.73 Å². The van der Waals surface area contributed by atoms with Gasteiger partial charge in [-0.05, 0) is 30.5 Å². The third kappa shape index (κ3) is 3.67. The Bertz CT molecular complexity index is 1120. The van der Waals surface area contributed by atoms with Crippen molar-refractivity contribution in [3.05, 3.63) is 53.5 Å². The number of hydrogen-bond donors (Lipinski definition) is 2. The van der Waals surface area contributed by atoms with Crippen molar-refractivity contribution in [3.63, 3.8) is 0 Å². The predicted octanol–water partition coefficient (Wildman–Crippen LogP) is 3.14. The molecule has 0 spiro atoms. The molecule has 1 aromatic carbocycles. The van der Waals surface area contributed by atoms with Crippen molar-refractivity contribution in [2.45, 2.75) is 32.2 Å². The Morgan fingerprint density at radius 3 is 2.76 bits per heavy atom. The summed E-state index contributed by atoms with van der Waals surface area (Å²) in [5.41, 5.74) is 7.42. The third-order valence-corrected chi connectivity index (χ3v) is 5.06. The number of alkyl halides is 2. The Morgan fingerprint density at radius 2 is 2.07 bits per heavy atom. The number of aryl methyl sites for hydroxylation is 1. The Kier molecular flexibility index (Phi) is 4.52. The van der Waals surface area contributed by atoms with Gasteiger partial charge in [-0.1, -0.05) is 18.2 Å². The number of hydrogen-bond acceptors (Lipinski definition) is 4. The summed E-state index contributed by atoms with van der Waals surface area (Å²) in [7, 11) is 0. The fourth-order valence-corrected chi connectivity index (χ4v) is 3.66. The first kappa shape index (κ1) is 19.0. The zero-order valence-electron chi connectivity index (χ0n) is 15.7. The molecular weight excluding hydrogens is 380 g/mol. The van der Waals surface area contributed by atoms with Crippen LogP contribution in [-0.4, -0.2) is 32.5 Å². The number of nitrogens with zero attached hydrogens (tertiary/aromatic N) is 3. The minimum Gasteiger partial charge on any atom is -0.364 e. The number of carbonyl (C=O) groups is 2. The topological polar surface area (TPSA) is 103 Å². The number of pyridine rings is 1. The Hall–Kier alpha value is -3.36. The molecular formula is C20H19F2N5O2. The minimum atomic E-state index is -2.64. The highest BCUT2D eigenvalue weighted by Gasteiger charge is 2.45. The maximum absolute atomic E-state index is 13.3. The molecule has 1 aliphatic rings. The van der Waals surface area contributed by atoms with Crippen LogP contribution in [0.1, 0.15) is 39.4 Å². The van der Waals surface area contributed by atoms with E-state index in [1.54, 1.807) is 6.07 Å². The van der Waals surface area contributed by atoms with Crippen molar-refractivity contribution >= 4 is 28.4 Å². The van der Waals surface area contributed by atoms with E-state index in [2.05, 4.69) is 15.4 Å². The number of aromatic nitrogens is 3. The Morgan fingerprint density at radius 1 is 1.31 bits per heavy atom. The molecule has 0 radical (unpaired) electrons. The van der Waals surface area contributed by atoms with Gasteiger partial charge in [0.1, 0.15) is 11.4 Å². The maximum Gasteiger partial charge on any atom is 0.274 e. The van der Waals surface area contributed by atoms with Crippen molar-refractivity contribution in [1.82, 2.24) is 14.8 Å². The fourth-order valence-electron chi connectivity index (χ4n) is 3.66. The van der Waals surface area contributed by atoms with Crippen LogP contribution in [0.15, 0.2) is 36.5 Å². The lowest BCUT2D eigenvalue weighted by Gasteiger charge is -2.34. The summed E-state index contributed by atoms with van der Waals surface area (Å²) < 4.78 is 28.0. The molecule has 2 heterocycles. The first-order valence-corrected chi connectivity index (χ1v) is 9.15. The molecule has 1 fully saturated rings. The number of anilines is 1. The third-order valence-electron chi connectivity index (χ3n) is 5.06. The molecule has 2 amide bonds. The predicted molar refractivity (Wildman–Crippen MR) is 103 cm³/mol. The van der Waals surface area contributed by atoms with Gasteiger partial charge in [-0.3, -0.25) is 19.3 Å². The molecule has 1 aliphatic carbocycles. The van der Waals surface area contributed by atoms with Gasteiger partial charge in [0.05, 0.1) is 5.52 Å². The largest absolute Gasteiger partial charge is 0.364 e. The number of primary amides is 1. The number of fused-ring (bicyclic) bond motifs is 1. The van der Waals surface area contributed by atoms with Gasteiger partial charge in [0, 0.05) is 36.7 Å². The van der Waals surface area contributed by atoms with Crippen molar-refractivity contribution in [2.24, 2.45) is 11.7 Å². The van der Waals surface area contributed by atoms with Crippen molar-refractivity contribution in [1.29, 1.82) is 0 Å². The Labute approximate surface area is 164 Å². The first-order chi connectivity index (χ1) is 13.7. The second kappa shape index (κ2) is 6.91. The summed E-state index contributed by atoms with van der Waals surface area (Å²) in [6, 6.07) is 8.37. The fraction of sp³-hybridized carbons (Fsp3) is 0.300. The van der Waals surface area contributed by atoms with Gasteiger partial charge in [0.15, 0.2) is 0 Å². The molecule has 0 bridgehead atoms. The zero-order chi connectivity index (χ0) is 20.8. The van der Waals surface area contributed by atoms with E-state index in [1.165, 1.54) is 23.0 Å². The monoisotopic (exact) mass is 399 g/mol. The van der Waals surface area contributed by atoms with Crippen LogP contribution >= 0.6 is 0 Å². The van der Waals surface area contributed by atoms with E-state index < -0.39 is 17.7 Å². The number of nitrogens with two attached hydrogens (primary N) is 1. The summed E-state index contributed by atoms with van der Waals surface area (Å²) in [6.45, 7) is 2.11. The van der Waals surface area contributed by atoms with Crippen LogP contribution in [0.3, 0.4) is 0 Å². The molecule has 3 aromatic rings. The highest BCUT2D eigenvalue weighted by Crippen LogP contribution is 2.43. The van der Waals surface area contributed by atoms with Crippen LogP contribution < -0.4 is 11.1 Å². The van der Waals surface area contributed by atoms with E-state index in [1.807, 2.05) is 19.1 Å². The average molecular weight is 399 g/mol. The molecule has 0 aliphatic heterocycles. The quantitative estimate of drug-likeness (QED) is 0.688. The standard InChI is InChI=1S/C20H19F2N5O2/c1-11-3-2-4-14-16(11)26-27(10-12-8-20(21,22)9-12)17(14)19(29)25-13-5-6-24-15(7-13)18(23)28/h2-7,12H,8-10H2,1H3,(H2,23,28)(H,24,25,29). The second-order valence-electron chi connectivity index (χ2n) is 7.38. The van der Waals surface area contributed by atoms with Crippen LogP contribution in [0, 0.1) is 12.8 Å². The van der Waals surface area contributed by atoms with Gasteiger partial charge in [-0.15, -0.1) is 0 Å². The Balaban J connectivity index is 1.68. The summed E-state index contributed by atoms with van der Waals surface area (Å²) in [4.78, 5) is 28.2. The number of rotatable bonds is 5. The molecule has 0 saturated heterocycles. The van der Waals surface area contributed by atoms with Gasteiger partial charge < -0.3 is 11.1 Å². The number of halogens is 2. The summed E-state index contributed by atoms with van der Waals surface area (Å²) in [5.74, 6) is -4.05. The molecule has 2 aromatic heterocycles. The smallest absolute Gasteiger partial charge is 0.274 e. The molecule has 29 heavy (non-hydrogen) atoms. The normalized spacial score (nSPS) is 15.8. The molecule has 4 rings (SSSR count). The lowest BCUT2D eigenvalue weighted by molar-refractivity contribution is -0.114. The molecule has 9 heteroatoms. The van der Waals surface area contributed by atoms with Gasteiger partial charge in [-0.2, -0.15) is 5.10 Å². The van der Waals surface area contributed by atoms with Crippen molar-refractivity contribution < 1.29 is 18.4 Å². The van der Waals surface area contributed by atoms with Crippen LogP contribution in [-0.2, 0) is 6.54 Å².